The summed E-state index contributed by atoms with van der Waals surface area (Å²) in [6, 6.07) is 29.1. The van der Waals surface area contributed by atoms with Gasteiger partial charge in [0.1, 0.15) is 29.1 Å². The van der Waals surface area contributed by atoms with Crippen molar-refractivity contribution in [2.45, 2.75) is 73.0 Å². The lowest BCUT2D eigenvalue weighted by Crippen LogP contribution is -2.34. The van der Waals surface area contributed by atoms with Crippen molar-refractivity contribution in [3.05, 3.63) is 250 Å². The van der Waals surface area contributed by atoms with Gasteiger partial charge in [0.05, 0.1) is 55.9 Å². The van der Waals surface area contributed by atoms with E-state index in [1.807, 2.05) is 6.92 Å². The van der Waals surface area contributed by atoms with Gasteiger partial charge in [0.2, 0.25) is 40.5 Å². The van der Waals surface area contributed by atoms with Gasteiger partial charge in [-0.25, -0.2) is 40.0 Å². The number of rotatable bonds is 28. The monoisotopic (exact) mass is 1640 g/mol. The summed E-state index contributed by atoms with van der Waals surface area (Å²) in [5.74, 6) is -17.3. The fourth-order valence-electron chi connectivity index (χ4n) is 7.70. The van der Waals surface area contributed by atoms with Crippen molar-refractivity contribution in [1.82, 2.24) is 37.2 Å². The lowest BCUT2D eigenvalue weighted by atomic mass is 10.1. The number of aryl methyl sites for hydroxylation is 2. The predicted octanol–water partition coefficient (Wildman–Crippen LogP) is 4.51. The van der Waals surface area contributed by atoms with Gasteiger partial charge in [-0.05, 0) is 119 Å². The van der Waals surface area contributed by atoms with Crippen LogP contribution in [0.15, 0.2) is 127 Å². The predicted molar refractivity (Wildman–Crippen MR) is 398 cm³/mol. The topological polar surface area (TPSA) is 484 Å². The third kappa shape index (κ3) is 38.5. The number of halogens is 11. The quantitative estimate of drug-likeness (QED) is 0.0139. The summed E-state index contributed by atoms with van der Waals surface area (Å²) in [5.41, 5.74) is 35.2. The van der Waals surface area contributed by atoms with Crippen LogP contribution in [0.3, 0.4) is 0 Å². The molecule has 604 valence electrons. The lowest BCUT2D eigenvalue weighted by Gasteiger charge is -2.07. The molecule has 0 heterocycles. The van der Waals surface area contributed by atoms with Gasteiger partial charge in [0, 0.05) is 68.9 Å². The van der Waals surface area contributed by atoms with Crippen molar-refractivity contribution in [2.24, 2.45) is 34.4 Å². The maximum atomic E-state index is 13.2. The van der Waals surface area contributed by atoms with E-state index in [0.717, 1.165) is 47.5 Å². The van der Waals surface area contributed by atoms with E-state index in [1.54, 1.807) is 74.5 Å². The Hall–Kier alpha value is -11.9. The molecule has 0 aliphatic carbocycles. The zero-order chi connectivity index (χ0) is 85.6. The van der Waals surface area contributed by atoms with Crippen molar-refractivity contribution >= 4 is 122 Å². The van der Waals surface area contributed by atoms with Crippen LogP contribution in [0.4, 0.5) is 40.8 Å². The smallest absolute Gasteiger partial charge is 0.289 e. The maximum absolute atomic E-state index is 13.2. The van der Waals surface area contributed by atoms with Gasteiger partial charge in [-0.3, -0.25) is 67.1 Å². The van der Waals surface area contributed by atoms with Crippen LogP contribution in [0.2, 0.25) is 15.1 Å². The van der Waals surface area contributed by atoms with Crippen LogP contribution in [0.1, 0.15) is 63.4 Å². The molecule has 28 nitrogen and oxygen atoms in total. The van der Waals surface area contributed by atoms with Crippen molar-refractivity contribution in [2.75, 3.05) is 39.3 Å². The Morgan fingerprint density at radius 1 is 0.345 bits per heavy atom. The molecule has 0 spiro atoms. The molecule has 39 heteroatoms. The molecule has 7 aromatic carbocycles. The fraction of sp³-hybridized carbons (Fsp3) is 0.230. The second kappa shape index (κ2) is 53.1. The van der Waals surface area contributed by atoms with Gasteiger partial charge in [-0.1, -0.05) is 102 Å². The first-order valence-corrected chi connectivity index (χ1v) is 33.8. The summed E-state index contributed by atoms with van der Waals surface area (Å²) in [7, 11) is 0. The first kappa shape index (κ1) is 99.1. The minimum absolute atomic E-state index is 0.000397. The second-order valence-corrected chi connectivity index (χ2v) is 23.6. The van der Waals surface area contributed by atoms with Crippen LogP contribution in [-0.4, -0.2) is 121 Å². The van der Waals surface area contributed by atoms with E-state index in [1.165, 1.54) is 30.3 Å². The highest BCUT2D eigenvalue weighted by Crippen LogP contribution is 2.25. The largest absolute Gasteiger partial charge is 0.345 e. The summed E-state index contributed by atoms with van der Waals surface area (Å²) in [6.07, 6.45) is 0.175. The Kier molecular flexibility index (Phi) is 46.5. The molecule has 0 saturated heterocycles. The highest BCUT2D eigenvalue weighted by Gasteiger charge is 2.19. The molecule has 0 bridgehead atoms. The fourth-order valence-corrected chi connectivity index (χ4v) is 8.25. The summed E-state index contributed by atoms with van der Waals surface area (Å²) in [4.78, 5) is 157. The van der Waals surface area contributed by atoms with Gasteiger partial charge < -0.3 is 71.6 Å². The highest BCUT2D eigenvalue weighted by atomic mass is 35.5. The van der Waals surface area contributed by atoms with Crippen molar-refractivity contribution in [3.8, 4) is 0 Å². The third-order valence-corrected chi connectivity index (χ3v) is 15.1. The van der Waals surface area contributed by atoms with Crippen molar-refractivity contribution in [1.29, 1.82) is 0 Å². The number of nitrogens with one attached hydrogen (secondary N) is 7. The molecule has 0 aromatic heterocycles. The second-order valence-electron chi connectivity index (χ2n) is 22.4. The molecule has 7 amide bonds. The molecule has 7 rings (SSSR count). The molecule has 113 heavy (non-hydrogen) atoms. The normalized spacial score (nSPS) is 9.87. The number of benzene rings is 7. The number of ketones is 7. The molecule has 19 N–H and O–H groups in total. The van der Waals surface area contributed by atoms with Gasteiger partial charge in [-0.15, -0.1) is 0 Å². The van der Waals surface area contributed by atoms with E-state index >= 15 is 0 Å². The Morgan fingerprint density at radius 2 is 0.708 bits per heavy atom. The van der Waals surface area contributed by atoms with Crippen molar-refractivity contribution in [3.63, 3.8) is 0 Å². The SMILES string of the molecule is CCC(=O)C(=O)NCc1cc(F)ccc1C.Cc1ccc(CNC(=O)C(=O)CN)cc1F.NCC(=O)C(=O)NCc1cc(F)c(F)c(F)c1.NCC(=O)C(=O)NCc1cc(F)cc(F)c1.NCC(=O)C(=O)NCc1ccc(Cl)cc1F.NCC(=O)C(=O)NCc1cccc(Cl)c1Cl.[C-]#[N+]c1ccc(CNC(=O)C(=O)CN)cc1. The van der Waals surface area contributed by atoms with Crippen molar-refractivity contribution < 1.29 is 102 Å². The highest BCUT2D eigenvalue weighted by molar-refractivity contribution is 6.43. The summed E-state index contributed by atoms with van der Waals surface area (Å²) >= 11 is 17.2. The first-order valence-electron chi connectivity index (χ1n) is 32.6. The van der Waals surface area contributed by atoms with Crippen LogP contribution in [0.5, 0.6) is 0 Å². The molecule has 0 atom stereocenters. The first-order chi connectivity index (χ1) is 53.3. The van der Waals surface area contributed by atoms with E-state index in [0.29, 0.717) is 38.0 Å². The van der Waals surface area contributed by atoms with Gasteiger partial charge in [0.25, 0.3) is 41.4 Å². The van der Waals surface area contributed by atoms with Gasteiger partial charge in [-0.2, -0.15) is 0 Å². The number of hydrogen-bond donors (Lipinski definition) is 13. The number of hydrogen-bond acceptors (Lipinski definition) is 20. The molecule has 7 aromatic rings. The number of Topliss-reactive ketones (excluding diaryl/α,β-unsaturated/α-hetero) is 7. The molecule has 0 aliphatic rings. The minimum atomic E-state index is -1.59. The average Bonchev–Trinajstić information content (AvgIpc) is 0.863. The Labute approximate surface area is 655 Å². The molecule has 0 fully saturated rings. The van der Waals surface area contributed by atoms with Crippen LogP contribution in [0.25, 0.3) is 4.85 Å². The molecule has 0 aliphatic heterocycles. The van der Waals surface area contributed by atoms with Crippen LogP contribution >= 0.6 is 34.8 Å². The summed E-state index contributed by atoms with van der Waals surface area (Å²) in [6.45, 7) is 9.89. The van der Waals surface area contributed by atoms with E-state index < -0.39 is 130 Å². The van der Waals surface area contributed by atoms with E-state index in [4.69, 9.17) is 75.8 Å². The number of nitrogens with zero attached hydrogens (tertiary/aromatic N) is 1. The Balaban J connectivity index is 0.000000659. The Bertz CT molecular complexity index is 4530. The molecule has 0 unspecified atom stereocenters. The zero-order valence-corrected chi connectivity index (χ0v) is 62.6. The molecular formula is C74H77Cl3F8N14O14. The van der Waals surface area contributed by atoms with Gasteiger partial charge >= 0.3 is 0 Å². The average molecular weight is 1640 g/mol. The van der Waals surface area contributed by atoms with Crippen LogP contribution < -0.4 is 71.6 Å². The minimum Gasteiger partial charge on any atom is -0.345 e. The summed E-state index contributed by atoms with van der Waals surface area (Å²) in [5, 5.41) is 17.3. The third-order valence-electron chi connectivity index (χ3n) is 14.0. The lowest BCUT2D eigenvalue weighted by molar-refractivity contribution is -0.137. The number of nitrogens with two attached hydrogens (primary N) is 6. The molecule has 0 saturated carbocycles. The molecular weight excluding hydrogens is 1570 g/mol. The zero-order valence-electron chi connectivity index (χ0n) is 60.3. The van der Waals surface area contributed by atoms with E-state index in [9.17, 15) is 102 Å². The van der Waals surface area contributed by atoms with Gasteiger partial charge in [0.15, 0.2) is 23.1 Å². The molecule has 0 radical (unpaired) electrons. The number of carbonyl (C=O) groups is 14. The van der Waals surface area contributed by atoms with Crippen LogP contribution in [0, 0.1) is 67.0 Å². The number of carbonyl (C=O) groups excluding carboxylic acids is 14. The standard InChI is InChI=1S/C12H14FNO2.C11H13FN2O2.C11H11N3O2.C10H10Cl2N2O2.C10H10ClFN2O2.C10H9F3N2O2.C10H10F2N2O2/c1-3-11(15)12(16)14-7-9-6-10(13)5-4-8(9)2;1-7-2-3-8(4-9(7)12)6-14-11(16)10(15)5-13;1-13-9-4-2-8(3-5-9)7-14-11(16)10(15)6-12;11-7-3-1-2-6(9(7)12)5-14-10(16)8(15)4-13;11-7-2-1-6(8(12)3-7)5-14-10(16)9(15)4-13;11-6-1-5(2-7(12)9(6)13)4-15-10(17)8(16)3-14;11-7-1-6(2-8(12)3-7)5-14-10(16)9(15)4-13/h4-6H,3,7H2,1-2H3,(H,14,16);2-4H,5-6,13H2,1H3,(H,14,16);2-5H,6-7,12H2,(H,14,16);2*1-3H,4-5,13H2,(H,14,16);1-2H,3-4,14H2,(H,15,17);1-3H,4-5,13H2,(H,14,16). The van der Waals surface area contributed by atoms with Crippen LogP contribution in [-0.2, 0) is 113 Å². The summed E-state index contributed by atoms with van der Waals surface area (Å²) < 4.78 is 103. The van der Waals surface area contributed by atoms with E-state index in [2.05, 4.69) is 42.1 Å². The van der Waals surface area contributed by atoms with E-state index in [-0.39, 0.29) is 112 Å². The Morgan fingerprint density at radius 3 is 1.12 bits per heavy atom. The maximum Gasteiger partial charge on any atom is 0.289 e. The number of amides is 7.